The Morgan fingerprint density at radius 2 is 1.45 bits per heavy atom. The predicted molar refractivity (Wildman–Crippen MR) is 45.8 cm³/mol. The molecule has 1 aromatic carbocycles. The van der Waals surface area contributed by atoms with Gasteiger partial charge in [0.1, 0.15) is 0 Å². The van der Waals surface area contributed by atoms with Crippen molar-refractivity contribution >= 4 is 22.1 Å². The molecule has 62 valence electrons. The van der Waals surface area contributed by atoms with Crippen molar-refractivity contribution in [2.24, 2.45) is 0 Å². The summed E-state index contributed by atoms with van der Waals surface area (Å²) in [6.07, 6.45) is 0. The van der Waals surface area contributed by atoms with E-state index in [1.807, 2.05) is 0 Å². The molecule has 0 N–H and O–H groups in total. The maximum absolute atomic E-state index is 13.3. The van der Waals surface area contributed by atoms with Gasteiger partial charge in [-0.15, -0.1) is 0 Å². The van der Waals surface area contributed by atoms with E-state index in [2.05, 4.69) is 0 Å². The molecular weight excluding hydrogens is 256 g/mol. The van der Waals surface area contributed by atoms with Crippen LogP contribution in [0.1, 0.15) is 0 Å². The molecule has 0 spiro atoms. The van der Waals surface area contributed by atoms with Crippen LogP contribution in [0, 0.1) is 0 Å². The van der Waals surface area contributed by atoms with Crippen LogP contribution in [0.25, 0.3) is 0 Å². The molecule has 0 aromatic heterocycles. The number of halogens is 2. The molecule has 0 atom stereocenters. The van der Waals surface area contributed by atoms with Gasteiger partial charge < -0.3 is 0 Å². The standard InChI is InChI=1S/C6H5.2CH3.2FH.Sb/c1-2-4-6-5-3-1;;;;;/h1-5H;2*1H3;2*1H;/q;;;;;+2/p-2. The van der Waals surface area contributed by atoms with Crippen LogP contribution in [0.2, 0.25) is 9.74 Å². The number of rotatable bonds is 1. The molecule has 0 amide bonds. The summed E-state index contributed by atoms with van der Waals surface area (Å²) >= 11 is -5.24. The first-order chi connectivity index (χ1) is 4.86. The molecule has 0 aliphatic carbocycles. The molecule has 1 rings (SSSR count). The fourth-order valence-corrected chi connectivity index (χ4v) is 3.68. The predicted octanol–water partition coefficient (Wildman–Crippen LogP) is 2.49. The van der Waals surface area contributed by atoms with E-state index in [9.17, 15) is 5.63 Å². The van der Waals surface area contributed by atoms with Gasteiger partial charge in [0.05, 0.1) is 0 Å². The van der Waals surface area contributed by atoms with E-state index in [1.165, 1.54) is 12.1 Å². The minimum atomic E-state index is -5.24. The summed E-state index contributed by atoms with van der Waals surface area (Å²) in [6.45, 7) is 0. The van der Waals surface area contributed by atoms with E-state index >= 15 is 0 Å². The van der Waals surface area contributed by atoms with Crippen molar-refractivity contribution in [3.63, 3.8) is 0 Å². The van der Waals surface area contributed by atoms with Crippen LogP contribution in [-0.4, -0.2) is 18.6 Å². The summed E-state index contributed by atoms with van der Waals surface area (Å²) in [5.41, 5.74) is 0. The van der Waals surface area contributed by atoms with E-state index in [4.69, 9.17) is 0 Å². The van der Waals surface area contributed by atoms with E-state index in [1.54, 1.807) is 18.2 Å². The van der Waals surface area contributed by atoms with Crippen molar-refractivity contribution < 1.29 is 5.63 Å². The zero-order chi connectivity index (χ0) is 8.56. The third kappa shape index (κ3) is 2.44. The molecular formula is C8H11F2Sb. The molecule has 0 bridgehead atoms. The van der Waals surface area contributed by atoms with E-state index in [0.29, 0.717) is 0 Å². The Morgan fingerprint density at radius 1 is 1.00 bits per heavy atom. The number of benzene rings is 1. The van der Waals surface area contributed by atoms with Gasteiger partial charge in [0, 0.05) is 0 Å². The van der Waals surface area contributed by atoms with Gasteiger partial charge >= 0.3 is 67.8 Å². The molecule has 0 fully saturated rings. The van der Waals surface area contributed by atoms with E-state index in [-0.39, 0.29) is 3.51 Å². The van der Waals surface area contributed by atoms with Gasteiger partial charge in [-0.2, -0.15) is 0 Å². The summed E-state index contributed by atoms with van der Waals surface area (Å²) in [4.78, 5) is 2.23. The Morgan fingerprint density at radius 3 is 1.73 bits per heavy atom. The summed E-state index contributed by atoms with van der Waals surface area (Å²) < 4.78 is 26.9. The second-order valence-corrected chi connectivity index (χ2v) is 14.9. The van der Waals surface area contributed by atoms with Crippen LogP contribution in [-0.2, 0) is 0 Å². The molecule has 1 aromatic rings. The first-order valence-corrected chi connectivity index (χ1v) is 11.7. The second-order valence-electron chi connectivity index (χ2n) is 3.14. The fraction of sp³-hybridized carbons (Fsp3) is 0.250. The molecule has 0 saturated carbocycles. The normalized spacial score (nSPS) is 15.5. The first kappa shape index (κ1) is 8.99. The molecule has 0 heterocycles. The van der Waals surface area contributed by atoms with Gasteiger partial charge in [-0.1, -0.05) is 0 Å². The fourth-order valence-electron chi connectivity index (χ4n) is 0.839. The van der Waals surface area contributed by atoms with Gasteiger partial charge in [-0.3, -0.25) is 0 Å². The van der Waals surface area contributed by atoms with Crippen molar-refractivity contribution in [2.45, 2.75) is 9.74 Å². The molecule has 0 saturated heterocycles. The monoisotopic (exact) mass is 266 g/mol. The third-order valence-corrected chi connectivity index (χ3v) is 6.38. The molecule has 0 unspecified atom stereocenters. The molecule has 0 radical (unpaired) electrons. The van der Waals surface area contributed by atoms with Crippen molar-refractivity contribution in [1.29, 1.82) is 0 Å². The van der Waals surface area contributed by atoms with E-state index < -0.39 is 18.6 Å². The van der Waals surface area contributed by atoms with Crippen LogP contribution in [0.3, 0.4) is 0 Å². The number of hydrogen-bond acceptors (Lipinski definition) is 0. The average molecular weight is 267 g/mol. The zero-order valence-electron chi connectivity index (χ0n) is 6.59. The van der Waals surface area contributed by atoms with Gasteiger partial charge in [-0.05, 0) is 0 Å². The Bertz CT molecular complexity index is 239. The zero-order valence-corrected chi connectivity index (χ0v) is 9.14. The Kier molecular flexibility index (Phi) is 2.00. The molecule has 0 nitrogen and oxygen atoms in total. The quantitative estimate of drug-likeness (QED) is 0.686. The van der Waals surface area contributed by atoms with Crippen molar-refractivity contribution in [1.82, 2.24) is 0 Å². The van der Waals surface area contributed by atoms with Crippen LogP contribution < -0.4 is 3.51 Å². The Balaban J connectivity index is 3.14. The van der Waals surface area contributed by atoms with Gasteiger partial charge in [0.15, 0.2) is 0 Å². The average Bonchev–Trinajstić information content (AvgIpc) is 1.86. The third-order valence-electron chi connectivity index (χ3n) is 1.47. The topological polar surface area (TPSA) is 0 Å². The Labute approximate surface area is 67.9 Å². The van der Waals surface area contributed by atoms with Crippen LogP contribution in [0.5, 0.6) is 0 Å². The van der Waals surface area contributed by atoms with Crippen LogP contribution >= 0.6 is 0 Å². The summed E-state index contributed by atoms with van der Waals surface area (Å²) in [5, 5.41) is 0. The first-order valence-electron chi connectivity index (χ1n) is 3.37. The molecule has 11 heavy (non-hydrogen) atoms. The van der Waals surface area contributed by atoms with Crippen molar-refractivity contribution in [3.8, 4) is 0 Å². The van der Waals surface area contributed by atoms with Crippen LogP contribution in [0.4, 0.5) is 5.63 Å². The maximum atomic E-state index is 13.3. The SMILES string of the molecule is [CH3][Sb]([CH3])([F])([F])[c]1ccccc1. The van der Waals surface area contributed by atoms with Gasteiger partial charge in [-0.25, -0.2) is 0 Å². The molecule has 0 aliphatic rings. The summed E-state index contributed by atoms with van der Waals surface area (Å²) in [6, 6.07) is 8.10. The second kappa shape index (κ2) is 2.45. The minimum absolute atomic E-state index is 0.250. The van der Waals surface area contributed by atoms with Gasteiger partial charge in [0.2, 0.25) is 0 Å². The summed E-state index contributed by atoms with van der Waals surface area (Å²) in [7, 11) is 0. The van der Waals surface area contributed by atoms with Crippen LogP contribution in [0.15, 0.2) is 30.3 Å². The Hall–Kier alpha value is -0.102. The van der Waals surface area contributed by atoms with Crippen molar-refractivity contribution in [2.75, 3.05) is 0 Å². The molecule has 3 heteroatoms. The number of hydrogen-bond donors (Lipinski definition) is 0. The van der Waals surface area contributed by atoms with Gasteiger partial charge in [0.25, 0.3) is 0 Å². The summed E-state index contributed by atoms with van der Waals surface area (Å²) in [5.74, 6) is 0. The van der Waals surface area contributed by atoms with E-state index in [0.717, 1.165) is 9.74 Å². The molecule has 0 aliphatic heterocycles. The van der Waals surface area contributed by atoms with Crippen molar-refractivity contribution in [3.05, 3.63) is 30.3 Å².